The van der Waals surface area contributed by atoms with Crippen LogP contribution in [0.2, 0.25) is 0 Å². The molecule has 0 saturated carbocycles. The fourth-order valence-corrected chi connectivity index (χ4v) is 9.15. The predicted molar refractivity (Wildman–Crippen MR) is 288 cm³/mol. The van der Waals surface area contributed by atoms with E-state index in [1.54, 1.807) is 24.4 Å². The van der Waals surface area contributed by atoms with Crippen LogP contribution in [0.1, 0.15) is 117 Å². The summed E-state index contributed by atoms with van der Waals surface area (Å²) in [4.78, 5) is 10.5. The molecular formula is C64H65N3O. The number of benzene rings is 7. The van der Waals surface area contributed by atoms with Gasteiger partial charge in [-0.3, -0.25) is 9.55 Å². The number of phenols is 1. The Balaban J connectivity index is 1.28. The summed E-state index contributed by atoms with van der Waals surface area (Å²) in [6.07, 6.45) is 1.68. The highest BCUT2D eigenvalue weighted by Crippen LogP contribution is 2.46. The first kappa shape index (κ1) is 36.1. The van der Waals surface area contributed by atoms with Crippen LogP contribution in [0.5, 0.6) is 5.75 Å². The van der Waals surface area contributed by atoms with Crippen LogP contribution in [0.4, 0.5) is 0 Å². The number of fused-ring (bicyclic) bond motifs is 1. The molecule has 1 N–H and O–H groups in total. The molecule has 0 fully saturated rings. The molecule has 0 saturated heterocycles. The van der Waals surface area contributed by atoms with Crippen molar-refractivity contribution in [2.45, 2.75) is 105 Å². The number of rotatable bonds is 7. The molecule has 0 radical (unpaired) electrons. The molecule has 9 rings (SSSR count). The van der Waals surface area contributed by atoms with Crippen LogP contribution < -0.4 is 0 Å². The van der Waals surface area contributed by atoms with Gasteiger partial charge in [0.1, 0.15) is 11.6 Å². The number of phenolic OH excluding ortho intramolecular Hbond substituents is 1. The van der Waals surface area contributed by atoms with Crippen LogP contribution in [-0.2, 0) is 21.7 Å². The van der Waals surface area contributed by atoms with Gasteiger partial charge in [0.2, 0.25) is 0 Å². The molecule has 7 aromatic carbocycles. The first-order valence-electron chi connectivity index (χ1n) is 27.8. The van der Waals surface area contributed by atoms with E-state index in [-0.39, 0.29) is 22.1 Å². The van der Waals surface area contributed by atoms with E-state index in [1.165, 1.54) is 12.1 Å². The van der Waals surface area contributed by atoms with Gasteiger partial charge in [-0.1, -0.05) is 192 Å². The lowest BCUT2D eigenvalue weighted by Gasteiger charge is -2.28. The first-order chi connectivity index (χ1) is 35.9. The van der Waals surface area contributed by atoms with Gasteiger partial charge in [0, 0.05) is 40.9 Å². The third kappa shape index (κ3) is 9.05. The number of aromatic hydroxyl groups is 1. The van der Waals surface area contributed by atoms with Crippen molar-refractivity contribution in [3.05, 3.63) is 192 Å². The van der Waals surface area contributed by atoms with Gasteiger partial charge in [0.15, 0.2) is 0 Å². The minimum atomic E-state index is -3.38. The van der Waals surface area contributed by atoms with Crippen molar-refractivity contribution in [1.29, 1.82) is 0 Å². The molecule has 0 aliphatic heterocycles. The maximum atomic E-state index is 12.6. The molecule has 0 amide bonds. The highest BCUT2D eigenvalue weighted by Gasteiger charge is 2.30. The third-order valence-corrected chi connectivity index (χ3v) is 12.9. The molecule has 2 heterocycles. The van der Waals surface area contributed by atoms with Crippen molar-refractivity contribution in [3.63, 3.8) is 0 Å². The van der Waals surface area contributed by atoms with Crippen molar-refractivity contribution >= 4 is 11.0 Å². The minimum absolute atomic E-state index is 0.181. The number of aromatic nitrogens is 3. The van der Waals surface area contributed by atoms with E-state index in [1.807, 2.05) is 36.4 Å². The van der Waals surface area contributed by atoms with Gasteiger partial charge >= 0.3 is 0 Å². The molecule has 9 aromatic rings. The molecule has 0 unspecified atom stereocenters. The number of imidazole rings is 1. The fourth-order valence-electron chi connectivity index (χ4n) is 9.15. The predicted octanol–water partition coefficient (Wildman–Crippen LogP) is 17.3. The summed E-state index contributed by atoms with van der Waals surface area (Å²) in [6, 6.07) is 53.3. The molecule has 68 heavy (non-hydrogen) atoms. The van der Waals surface area contributed by atoms with Crippen LogP contribution in [0.25, 0.3) is 83.9 Å². The SMILES string of the molecule is [2H]C([2H])([2H])C(c1ccc(-c2ccnc(-c3cc(-c4ccccc4)cc(-c4cccc5c4nc(-c4cc(C(C)(C)C)cc(C(C)(C)C)c4O)n5-c4ccc(-c5ccccc5)c(C(C)(C)C)c4)c3)c2)cc1)(C([2H])([2H])[2H])C([2H])([2H])[2H]. The van der Waals surface area contributed by atoms with Gasteiger partial charge in [-0.25, -0.2) is 4.98 Å². The molecule has 0 bridgehead atoms. The lowest BCUT2D eigenvalue weighted by atomic mass is 9.78. The molecule has 342 valence electrons. The van der Waals surface area contributed by atoms with E-state index >= 15 is 0 Å². The quantitative estimate of drug-likeness (QED) is 0.173. The Hall–Kier alpha value is -7.04. The van der Waals surface area contributed by atoms with Gasteiger partial charge in [0.05, 0.1) is 22.3 Å². The van der Waals surface area contributed by atoms with Gasteiger partial charge in [-0.2, -0.15) is 0 Å². The number of hydrogen-bond acceptors (Lipinski definition) is 3. The number of para-hydroxylation sites is 1. The van der Waals surface area contributed by atoms with Crippen LogP contribution in [0, 0.1) is 0 Å². The van der Waals surface area contributed by atoms with Crippen LogP contribution in [0.3, 0.4) is 0 Å². The van der Waals surface area contributed by atoms with Crippen LogP contribution in [0.15, 0.2) is 170 Å². The zero-order chi connectivity index (χ0) is 55.8. The Morgan fingerprint density at radius 2 is 1.07 bits per heavy atom. The Bertz CT molecular complexity index is 3610. The zero-order valence-electron chi connectivity index (χ0n) is 49.5. The molecule has 0 aliphatic carbocycles. The largest absolute Gasteiger partial charge is 0.507 e. The van der Waals surface area contributed by atoms with Crippen molar-refractivity contribution in [2.75, 3.05) is 0 Å². The lowest BCUT2D eigenvalue weighted by molar-refractivity contribution is 0.446. The molecule has 2 aromatic heterocycles. The maximum Gasteiger partial charge on any atom is 0.149 e. The molecule has 0 aliphatic rings. The highest BCUT2D eigenvalue weighted by atomic mass is 16.3. The standard InChI is InChI=1S/C64H65N3O/c1-61(2,3)48-28-26-42(27-29-48)44-32-33-65-56(37-44)47-35-45(41-20-15-13-16-21-41)34-46(36-47)52-24-19-25-57-58(52)66-60(53-38-49(62(4,5)6)39-55(59(53)68)64(10,11)12)67(57)50-30-31-51(43-22-17-14-18-23-43)54(40-50)63(7,8)9/h13-40,68H,1-12H3/i1D3,2D3,3D3. The number of nitrogens with zero attached hydrogens (tertiary/aromatic N) is 3. The number of hydrogen-bond donors (Lipinski definition) is 1. The summed E-state index contributed by atoms with van der Waals surface area (Å²) in [6.45, 7) is 9.47. The highest BCUT2D eigenvalue weighted by molar-refractivity contribution is 5.98. The van der Waals surface area contributed by atoms with E-state index in [0.717, 1.165) is 72.4 Å². The second-order valence-electron chi connectivity index (χ2n) is 21.1. The molecule has 0 spiro atoms. The van der Waals surface area contributed by atoms with Crippen LogP contribution in [-0.4, -0.2) is 19.6 Å². The van der Waals surface area contributed by atoms with Gasteiger partial charge in [-0.15, -0.1) is 0 Å². The van der Waals surface area contributed by atoms with E-state index < -0.39 is 31.4 Å². The smallest absolute Gasteiger partial charge is 0.149 e. The van der Waals surface area contributed by atoms with Crippen molar-refractivity contribution < 1.29 is 17.4 Å². The van der Waals surface area contributed by atoms with Gasteiger partial charge < -0.3 is 5.11 Å². The lowest BCUT2D eigenvalue weighted by Crippen LogP contribution is -2.17. The van der Waals surface area contributed by atoms with Crippen LogP contribution >= 0.6 is 0 Å². The number of pyridine rings is 1. The monoisotopic (exact) mass is 901 g/mol. The summed E-state index contributed by atoms with van der Waals surface area (Å²) < 4.78 is 76.3. The van der Waals surface area contributed by atoms with Crippen molar-refractivity contribution in [1.82, 2.24) is 14.5 Å². The van der Waals surface area contributed by atoms with E-state index in [9.17, 15) is 5.11 Å². The van der Waals surface area contributed by atoms with E-state index in [0.29, 0.717) is 28.2 Å². The summed E-state index contributed by atoms with van der Waals surface area (Å²) >= 11 is 0. The van der Waals surface area contributed by atoms with E-state index in [4.69, 9.17) is 22.3 Å². The van der Waals surface area contributed by atoms with Crippen molar-refractivity contribution in [2.24, 2.45) is 0 Å². The molecule has 4 heteroatoms. The molecule has 4 nitrogen and oxygen atoms in total. The summed E-state index contributed by atoms with van der Waals surface area (Å²) in [5, 5.41) is 12.6. The summed E-state index contributed by atoms with van der Waals surface area (Å²) in [7, 11) is 0. The summed E-state index contributed by atoms with van der Waals surface area (Å²) in [5.74, 6) is 0.781. The maximum absolute atomic E-state index is 12.6. The van der Waals surface area contributed by atoms with Gasteiger partial charge in [-0.05, 0) is 132 Å². The average Bonchev–Trinajstić information content (AvgIpc) is 3.99. The Morgan fingerprint density at radius 3 is 1.72 bits per heavy atom. The molecular weight excluding hydrogens is 827 g/mol. The normalized spacial score (nSPS) is 15.0. The van der Waals surface area contributed by atoms with Crippen molar-refractivity contribution in [3.8, 4) is 78.6 Å². The van der Waals surface area contributed by atoms with E-state index in [2.05, 4.69) is 164 Å². The topological polar surface area (TPSA) is 50.9 Å². The first-order valence-corrected chi connectivity index (χ1v) is 23.3. The second-order valence-corrected chi connectivity index (χ2v) is 21.1. The average molecular weight is 901 g/mol. The van der Waals surface area contributed by atoms with Gasteiger partial charge in [0.25, 0.3) is 0 Å². The summed E-state index contributed by atoms with van der Waals surface area (Å²) in [5.41, 5.74) is 10.4. The zero-order valence-corrected chi connectivity index (χ0v) is 40.5. The fraction of sp³-hybridized carbons (Fsp3) is 0.250. The minimum Gasteiger partial charge on any atom is -0.507 e. The Morgan fingerprint density at radius 1 is 0.441 bits per heavy atom. The third-order valence-electron chi connectivity index (χ3n) is 12.9. The molecule has 0 atom stereocenters. The second kappa shape index (κ2) is 17.2. The Labute approximate surface area is 417 Å². The Kier molecular flexibility index (Phi) is 9.14.